The molecule has 0 spiro atoms. The molecule has 0 aliphatic carbocycles. The van der Waals surface area contributed by atoms with E-state index in [0.29, 0.717) is 0 Å². The lowest BCUT2D eigenvalue weighted by atomic mass is 10.0. The van der Waals surface area contributed by atoms with E-state index in [9.17, 15) is 0 Å². The zero-order valence-corrected chi connectivity index (χ0v) is 12.9. The van der Waals surface area contributed by atoms with E-state index in [1.807, 2.05) is 17.8 Å². The molecule has 0 atom stereocenters. The lowest BCUT2D eigenvalue weighted by Gasteiger charge is -2.11. The highest BCUT2D eigenvalue weighted by atomic mass is 32.2. The zero-order chi connectivity index (χ0) is 14.0. The van der Waals surface area contributed by atoms with E-state index in [1.165, 1.54) is 27.1 Å². The molecule has 0 saturated heterocycles. The lowest BCUT2D eigenvalue weighted by Crippen LogP contribution is -1.93. The Morgan fingerprint density at radius 1 is 0.895 bits per heavy atom. The molecular formula is C17H21NS. The fourth-order valence-corrected chi connectivity index (χ4v) is 3.52. The normalized spacial score (nSPS) is 10.7. The molecule has 2 rings (SSSR count). The van der Waals surface area contributed by atoms with E-state index in [0.717, 1.165) is 17.0 Å². The molecule has 0 unspecified atom stereocenters. The van der Waals surface area contributed by atoms with Crippen molar-refractivity contribution in [3.63, 3.8) is 0 Å². The summed E-state index contributed by atoms with van der Waals surface area (Å²) in [5.41, 5.74) is 13.4. The quantitative estimate of drug-likeness (QED) is 0.641. The Balaban J connectivity index is 2.16. The summed E-state index contributed by atoms with van der Waals surface area (Å²) in [5.74, 6) is 1.02. The van der Waals surface area contributed by atoms with Crippen molar-refractivity contribution >= 4 is 17.4 Å². The van der Waals surface area contributed by atoms with Gasteiger partial charge in [-0.1, -0.05) is 17.7 Å². The minimum absolute atomic E-state index is 0.868. The summed E-state index contributed by atoms with van der Waals surface area (Å²) in [4.78, 5) is 1.28. The molecule has 0 bridgehead atoms. The van der Waals surface area contributed by atoms with Crippen molar-refractivity contribution in [3.8, 4) is 0 Å². The first-order valence-electron chi connectivity index (χ1n) is 6.53. The maximum absolute atomic E-state index is 5.85. The predicted molar refractivity (Wildman–Crippen MR) is 85.8 cm³/mol. The average molecular weight is 271 g/mol. The van der Waals surface area contributed by atoms with Crippen molar-refractivity contribution in [2.75, 3.05) is 5.73 Å². The summed E-state index contributed by atoms with van der Waals surface area (Å²) in [5, 5.41) is 0. The van der Waals surface area contributed by atoms with Gasteiger partial charge < -0.3 is 5.73 Å². The van der Waals surface area contributed by atoms with E-state index in [2.05, 4.69) is 52.0 Å². The molecule has 0 saturated carbocycles. The van der Waals surface area contributed by atoms with E-state index in [1.54, 1.807) is 0 Å². The molecule has 0 heterocycles. The van der Waals surface area contributed by atoms with Crippen LogP contribution in [0.2, 0.25) is 0 Å². The van der Waals surface area contributed by atoms with Gasteiger partial charge in [-0.2, -0.15) is 0 Å². The van der Waals surface area contributed by atoms with Crippen molar-refractivity contribution in [1.82, 2.24) is 0 Å². The highest BCUT2D eigenvalue weighted by Crippen LogP contribution is 2.28. The molecule has 0 fully saturated rings. The monoisotopic (exact) mass is 271 g/mol. The van der Waals surface area contributed by atoms with E-state index >= 15 is 0 Å². The summed E-state index contributed by atoms with van der Waals surface area (Å²) >= 11 is 1.88. The van der Waals surface area contributed by atoms with Gasteiger partial charge in [0.2, 0.25) is 0 Å². The molecule has 2 heteroatoms. The molecule has 0 aromatic heterocycles. The maximum Gasteiger partial charge on any atom is 0.0344 e. The SMILES string of the molecule is Cc1cc(C)c(CSc2ccc(N)c(C)c2)c(C)c1. The maximum atomic E-state index is 5.85. The molecule has 2 N–H and O–H groups in total. The third kappa shape index (κ3) is 3.32. The second-order valence-electron chi connectivity index (χ2n) is 5.18. The molecule has 1 nitrogen and oxygen atoms in total. The Morgan fingerprint density at radius 2 is 1.53 bits per heavy atom. The van der Waals surface area contributed by atoms with Gasteiger partial charge in [0.25, 0.3) is 0 Å². The van der Waals surface area contributed by atoms with Crippen LogP contribution in [0.15, 0.2) is 35.2 Å². The second-order valence-corrected chi connectivity index (χ2v) is 6.23. The average Bonchev–Trinajstić information content (AvgIpc) is 2.32. The number of thioether (sulfide) groups is 1. The lowest BCUT2D eigenvalue weighted by molar-refractivity contribution is 1.21. The molecule has 0 amide bonds. The number of hydrogen-bond donors (Lipinski definition) is 1. The topological polar surface area (TPSA) is 26.0 Å². The van der Waals surface area contributed by atoms with Crippen LogP contribution in [0.5, 0.6) is 0 Å². The van der Waals surface area contributed by atoms with E-state index < -0.39 is 0 Å². The highest BCUT2D eigenvalue weighted by molar-refractivity contribution is 7.98. The van der Waals surface area contributed by atoms with Gasteiger partial charge in [0, 0.05) is 16.3 Å². The van der Waals surface area contributed by atoms with Crippen LogP contribution in [0.4, 0.5) is 5.69 Å². The van der Waals surface area contributed by atoms with Crippen molar-refractivity contribution in [2.45, 2.75) is 38.3 Å². The summed E-state index contributed by atoms with van der Waals surface area (Å²) in [6.07, 6.45) is 0. The molecular weight excluding hydrogens is 250 g/mol. The molecule has 0 aliphatic rings. The van der Waals surface area contributed by atoms with Crippen LogP contribution >= 0.6 is 11.8 Å². The summed E-state index contributed by atoms with van der Waals surface area (Å²) < 4.78 is 0. The Labute approximate surface area is 120 Å². The van der Waals surface area contributed by atoms with E-state index in [4.69, 9.17) is 5.73 Å². The van der Waals surface area contributed by atoms with Crippen molar-refractivity contribution < 1.29 is 0 Å². The number of rotatable bonds is 3. The number of aryl methyl sites for hydroxylation is 4. The summed E-state index contributed by atoms with van der Waals surface area (Å²) in [7, 11) is 0. The first-order valence-corrected chi connectivity index (χ1v) is 7.51. The third-order valence-corrected chi connectivity index (χ3v) is 4.49. The largest absolute Gasteiger partial charge is 0.399 e. The smallest absolute Gasteiger partial charge is 0.0344 e. The van der Waals surface area contributed by atoms with Crippen LogP contribution in [0, 0.1) is 27.7 Å². The fourth-order valence-electron chi connectivity index (χ4n) is 2.33. The Kier molecular flexibility index (Phi) is 4.20. The van der Waals surface area contributed by atoms with Crippen LogP contribution in [-0.4, -0.2) is 0 Å². The molecule has 0 radical (unpaired) electrons. The summed E-state index contributed by atoms with van der Waals surface area (Å²) in [6.45, 7) is 8.61. The van der Waals surface area contributed by atoms with Gasteiger partial charge in [0.1, 0.15) is 0 Å². The first kappa shape index (κ1) is 14.0. The number of nitrogens with two attached hydrogens (primary N) is 1. The zero-order valence-electron chi connectivity index (χ0n) is 12.1. The highest BCUT2D eigenvalue weighted by Gasteiger charge is 2.05. The minimum atomic E-state index is 0.868. The Morgan fingerprint density at radius 3 is 2.11 bits per heavy atom. The Hall–Kier alpha value is -1.41. The van der Waals surface area contributed by atoms with Crippen LogP contribution in [0.25, 0.3) is 0 Å². The number of nitrogen functional groups attached to an aromatic ring is 1. The fraction of sp³-hybridized carbons (Fsp3) is 0.294. The molecule has 2 aromatic rings. The van der Waals surface area contributed by atoms with Gasteiger partial charge in [-0.15, -0.1) is 11.8 Å². The minimum Gasteiger partial charge on any atom is -0.399 e. The van der Waals surface area contributed by atoms with Gasteiger partial charge in [-0.05, 0) is 68.1 Å². The number of hydrogen-bond acceptors (Lipinski definition) is 2. The molecule has 2 aromatic carbocycles. The van der Waals surface area contributed by atoms with Gasteiger partial charge in [0.05, 0.1) is 0 Å². The first-order chi connectivity index (χ1) is 8.97. The van der Waals surface area contributed by atoms with Crippen molar-refractivity contribution in [3.05, 3.63) is 58.1 Å². The van der Waals surface area contributed by atoms with Gasteiger partial charge in [-0.3, -0.25) is 0 Å². The van der Waals surface area contributed by atoms with Crippen LogP contribution in [0.1, 0.15) is 27.8 Å². The van der Waals surface area contributed by atoms with Gasteiger partial charge in [-0.25, -0.2) is 0 Å². The van der Waals surface area contributed by atoms with Gasteiger partial charge in [0.15, 0.2) is 0 Å². The second kappa shape index (κ2) is 5.70. The number of anilines is 1. The standard InChI is InChI=1S/C17H21NS/c1-11-7-12(2)16(13(3)8-11)10-19-15-5-6-17(18)14(4)9-15/h5-9H,10,18H2,1-4H3. The third-order valence-electron chi connectivity index (χ3n) is 3.46. The number of benzene rings is 2. The van der Waals surface area contributed by atoms with Crippen molar-refractivity contribution in [2.24, 2.45) is 0 Å². The van der Waals surface area contributed by atoms with Crippen molar-refractivity contribution in [1.29, 1.82) is 0 Å². The predicted octanol–water partition coefficient (Wildman–Crippen LogP) is 4.79. The molecule has 100 valence electrons. The van der Waals surface area contributed by atoms with Crippen LogP contribution in [0.3, 0.4) is 0 Å². The molecule has 19 heavy (non-hydrogen) atoms. The molecule has 0 aliphatic heterocycles. The Bertz CT molecular complexity index is 579. The van der Waals surface area contributed by atoms with E-state index in [-0.39, 0.29) is 0 Å². The van der Waals surface area contributed by atoms with Crippen LogP contribution in [-0.2, 0) is 5.75 Å². The van der Waals surface area contributed by atoms with Crippen LogP contribution < -0.4 is 5.73 Å². The summed E-state index contributed by atoms with van der Waals surface area (Å²) in [6, 6.07) is 10.8. The van der Waals surface area contributed by atoms with Gasteiger partial charge >= 0.3 is 0 Å².